The molecule has 0 heterocycles. The van der Waals surface area contributed by atoms with Crippen molar-refractivity contribution in [2.75, 3.05) is 40.9 Å². The van der Waals surface area contributed by atoms with Crippen molar-refractivity contribution < 1.29 is 4.79 Å². The molecule has 0 aliphatic heterocycles. The summed E-state index contributed by atoms with van der Waals surface area (Å²) in [6.45, 7) is 5.49. The van der Waals surface area contributed by atoms with Gasteiger partial charge in [0, 0.05) is 19.2 Å². The molecule has 4 nitrogen and oxygen atoms in total. The van der Waals surface area contributed by atoms with Crippen LogP contribution >= 0.6 is 0 Å². The van der Waals surface area contributed by atoms with Crippen LogP contribution in [-0.4, -0.2) is 56.6 Å². The van der Waals surface area contributed by atoms with E-state index < -0.39 is 0 Å². The molecule has 0 spiro atoms. The Morgan fingerprint density at radius 1 is 1.40 bits per heavy atom. The Morgan fingerprint density at radius 2 is 2.07 bits per heavy atom. The van der Waals surface area contributed by atoms with Crippen LogP contribution in [0.1, 0.15) is 0 Å². The molecule has 0 saturated carbocycles. The number of hydrogen-bond donors (Lipinski definition) is 1. The summed E-state index contributed by atoms with van der Waals surface area (Å²) in [6, 6.07) is 0. The van der Waals surface area contributed by atoms with E-state index in [1.165, 1.54) is 0 Å². The SMILES string of the molecule is C=CCN(CNC)C(=O)/C=C/CN(C)C. The number of likely N-dealkylation sites (N-methyl/N-ethyl adjacent to an activating group) is 1. The lowest BCUT2D eigenvalue weighted by atomic mass is 10.4. The molecule has 0 unspecified atom stereocenters. The second-order valence-corrected chi connectivity index (χ2v) is 3.53. The van der Waals surface area contributed by atoms with Gasteiger partial charge in [0.25, 0.3) is 0 Å². The third-order valence-corrected chi connectivity index (χ3v) is 1.74. The van der Waals surface area contributed by atoms with Crippen LogP contribution in [0.3, 0.4) is 0 Å². The predicted molar refractivity (Wildman–Crippen MR) is 63.5 cm³/mol. The molecule has 0 aliphatic rings. The number of nitrogens with one attached hydrogen (secondary N) is 1. The Bertz CT molecular complexity index is 224. The van der Waals surface area contributed by atoms with E-state index in [0.717, 1.165) is 6.54 Å². The monoisotopic (exact) mass is 211 g/mol. The first-order chi connectivity index (χ1) is 7.11. The first-order valence-corrected chi connectivity index (χ1v) is 4.97. The van der Waals surface area contributed by atoms with E-state index in [0.29, 0.717) is 13.2 Å². The number of nitrogens with zero attached hydrogens (tertiary/aromatic N) is 2. The number of rotatable bonds is 7. The first-order valence-electron chi connectivity index (χ1n) is 4.97. The van der Waals surface area contributed by atoms with Crippen molar-refractivity contribution in [1.82, 2.24) is 15.1 Å². The highest BCUT2D eigenvalue weighted by atomic mass is 16.2. The lowest BCUT2D eigenvalue weighted by molar-refractivity contribution is -0.125. The Morgan fingerprint density at radius 3 is 2.53 bits per heavy atom. The minimum absolute atomic E-state index is 0.00565. The fraction of sp³-hybridized carbons (Fsp3) is 0.545. The van der Waals surface area contributed by atoms with Gasteiger partial charge in [-0.2, -0.15) is 0 Å². The van der Waals surface area contributed by atoms with Gasteiger partial charge in [0.1, 0.15) is 0 Å². The predicted octanol–water partition coefficient (Wildman–Crippen LogP) is 0.296. The first kappa shape index (κ1) is 13.9. The lowest BCUT2D eigenvalue weighted by Crippen LogP contribution is -2.36. The molecule has 0 bridgehead atoms. The highest BCUT2D eigenvalue weighted by Gasteiger charge is 2.06. The maximum Gasteiger partial charge on any atom is 0.247 e. The summed E-state index contributed by atoms with van der Waals surface area (Å²) in [5.74, 6) is 0.00565. The van der Waals surface area contributed by atoms with Crippen LogP contribution < -0.4 is 5.32 Å². The summed E-state index contributed by atoms with van der Waals surface area (Å²) in [6.07, 6.45) is 5.17. The van der Waals surface area contributed by atoms with Crippen LogP contribution in [0.15, 0.2) is 24.8 Å². The molecule has 0 rings (SSSR count). The second-order valence-electron chi connectivity index (χ2n) is 3.53. The molecule has 86 valence electrons. The van der Waals surface area contributed by atoms with Gasteiger partial charge >= 0.3 is 0 Å². The molecule has 15 heavy (non-hydrogen) atoms. The molecule has 0 fully saturated rings. The van der Waals surface area contributed by atoms with E-state index in [2.05, 4.69) is 11.9 Å². The Balaban J connectivity index is 4.11. The van der Waals surface area contributed by atoms with Gasteiger partial charge in [0.05, 0.1) is 6.67 Å². The average Bonchev–Trinajstić information content (AvgIpc) is 2.16. The minimum atomic E-state index is 0.00565. The highest BCUT2D eigenvalue weighted by molar-refractivity contribution is 5.87. The molecule has 0 aromatic carbocycles. The van der Waals surface area contributed by atoms with Gasteiger partial charge in [-0.1, -0.05) is 12.2 Å². The summed E-state index contributed by atoms with van der Waals surface area (Å²) in [4.78, 5) is 15.3. The van der Waals surface area contributed by atoms with E-state index in [-0.39, 0.29) is 5.91 Å². The van der Waals surface area contributed by atoms with E-state index in [9.17, 15) is 4.79 Å². The third-order valence-electron chi connectivity index (χ3n) is 1.74. The lowest BCUT2D eigenvalue weighted by Gasteiger charge is -2.18. The summed E-state index contributed by atoms with van der Waals surface area (Å²) in [5, 5.41) is 2.95. The van der Waals surface area contributed by atoms with Crippen LogP contribution in [-0.2, 0) is 4.79 Å². The molecular formula is C11H21N3O. The van der Waals surface area contributed by atoms with Crippen molar-refractivity contribution in [3.05, 3.63) is 24.8 Å². The highest BCUT2D eigenvalue weighted by Crippen LogP contribution is 1.90. The number of amides is 1. The number of carbonyl (C=O) groups excluding carboxylic acids is 1. The van der Waals surface area contributed by atoms with Crippen LogP contribution in [0.2, 0.25) is 0 Å². The van der Waals surface area contributed by atoms with Gasteiger partial charge in [-0.25, -0.2) is 0 Å². The van der Waals surface area contributed by atoms with Crippen LogP contribution in [0.25, 0.3) is 0 Å². The van der Waals surface area contributed by atoms with Crippen molar-refractivity contribution in [2.45, 2.75) is 0 Å². The largest absolute Gasteiger partial charge is 0.323 e. The van der Waals surface area contributed by atoms with Gasteiger partial charge in [0.2, 0.25) is 5.91 Å². The van der Waals surface area contributed by atoms with E-state index in [1.807, 2.05) is 32.1 Å². The van der Waals surface area contributed by atoms with Crippen LogP contribution in [0, 0.1) is 0 Å². The van der Waals surface area contributed by atoms with Gasteiger partial charge in [-0.15, -0.1) is 6.58 Å². The third kappa shape index (κ3) is 6.88. The van der Waals surface area contributed by atoms with Crippen LogP contribution in [0.5, 0.6) is 0 Å². The fourth-order valence-corrected chi connectivity index (χ4v) is 1.05. The molecule has 0 saturated heterocycles. The van der Waals surface area contributed by atoms with Gasteiger partial charge in [-0.3, -0.25) is 4.79 Å². The van der Waals surface area contributed by atoms with Crippen molar-refractivity contribution in [3.8, 4) is 0 Å². The summed E-state index contributed by atoms with van der Waals surface area (Å²) >= 11 is 0. The summed E-state index contributed by atoms with van der Waals surface area (Å²) in [7, 11) is 5.74. The normalized spacial score (nSPS) is 10.9. The van der Waals surface area contributed by atoms with Crippen molar-refractivity contribution in [2.24, 2.45) is 0 Å². The molecule has 0 aliphatic carbocycles. The standard InChI is InChI=1S/C11H21N3O/c1-5-8-14(10-12-2)11(15)7-6-9-13(3)4/h5-7,12H,1,8-10H2,2-4H3/b7-6+. The van der Waals surface area contributed by atoms with Gasteiger partial charge in [0.15, 0.2) is 0 Å². The molecule has 1 N–H and O–H groups in total. The zero-order valence-corrected chi connectivity index (χ0v) is 9.86. The van der Waals surface area contributed by atoms with E-state index in [4.69, 9.17) is 0 Å². The van der Waals surface area contributed by atoms with Gasteiger partial charge in [-0.05, 0) is 21.1 Å². The topological polar surface area (TPSA) is 35.6 Å². The number of carbonyl (C=O) groups is 1. The van der Waals surface area contributed by atoms with E-state index >= 15 is 0 Å². The second kappa shape index (κ2) is 8.20. The van der Waals surface area contributed by atoms with Gasteiger partial charge < -0.3 is 15.1 Å². The fourth-order valence-electron chi connectivity index (χ4n) is 1.05. The molecule has 4 heteroatoms. The van der Waals surface area contributed by atoms with Crippen LogP contribution in [0.4, 0.5) is 0 Å². The summed E-state index contributed by atoms with van der Waals surface area (Å²) < 4.78 is 0. The molecular weight excluding hydrogens is 190 g/mol. The number of hydrogen-bond acceptors (Lipinski definition) is 3. The average molecular weight is 211 g/mol. The molecule has 0 aromatic heterocycles. The maximum atomic E-state index is 11.6. The minimum Gasteiger partial charge on any atom is -0.323 e. The Labute approximate surface area is 92.2 Å². The Hall–Kier alpha value is -1.13. The molecule has 0 radical (unpaired) electrons. The Kier molecular flexibility index (Phi) is 7.58. The maximum absolute atomic E-state index is 11.6. The zero-order valence-electron chi connectivity index (χ0n) is 9.86. The quantitative estimate of drug-likeness (QED) is 0.374. The molecule has 0 aromatic rings. The molecule has 0 atom stereocenters. The summed E-state index contributed by atoms with van der Waals surface area (Å²) in [5.41, 5.74) is 0. The smallest absolute Gasteiger partial charge is 0.247 e. The van der Waals surface area contributed by atoms with E-state index in [1.54, 1.807) is 17.1 Å². The van der Waals surface area contributed by atoms with Crippen molar-refractivity contribution >= 4 is 5.91 Å². The van der Waals surface area contributed by atoms with Crippen molar-refractivity contribution in [1.29, 1.82) is 0 Å². The van der Waals surface area contributed by atoms with Crippen molar-refractivity contribution in [3.63, 3.8) is 0 Å². The molecule has 1 amide bonds. The zero-order chi connectivity index (χ0) is 11.7.